The van der Waals surface area contributed by atoms with Gasteiger partial charge >= 0.3 is 0 Å². The second kappa shape index (κ2) is 6.99. The molecule has 0 aliphatic carbocycles. The summed E-state index contributed by atoms with van der Waals surface area (Å²) in [6.45, 7) is 1.97. The number of benzene rings is 2. The minimum atomic E-state index is -0.727. The van der Waals surface area contributed by atoms with Gasteiger partial charge in [0.25, 0.3) is 0 Å². The molecule has 122 valence electrons. The highest BCUT2D eigenvalue weighted by Crippen LogP contribution is 2.22. The molecule has 0 aliphatic rings. The van der Waals surface area contributed by atoms with Crippen LogP contribution in [0.4, 0.5) is 26.2 Å². The monoisotopic (exact) mass is 327 g/mol. The molecular weight excluding hydrogens is 312 g/mol. The molecule has 0 saturated carbocycles. The van der Waals surface area contributed by atoms with Crippen LogP contribution in [0.1, 0.15) is 18.5 Å². The Bertz CT molecular complexity index is 806. The Morgan fingerprint density at radius 1 is 0.958 bits per heavy atom. The van der Waals surface area contributed by atoms with Crippen molar-refractivity contribution in [2.45, 2.75) is 13.0 Å². The standard InChI is InChI=1S/C17H15F2N5/c1-11(12-6-3-2-4-7-12)21-15-10-20-24-17(22-15)23-16-13(18)8-5-9-14(16)19/h2-11H,1H3,(H2,21,22,23,24). The van der Waals surface area contributed by atoms with E-state index in [9.17, 15) is 8.78 Å². The molecule has 0 aliphatic heterocycles. The first-order chi connectivity index (χ1) is 11.6. The Kier molecular flexibility index (Phi) is 4.60. The van der Waals surface area contributed by atoms with Crippen LogP contribution in [0.3, 0.4) is 0 Å². The van der Waals surface area contributed by atoms with Gasteiger partial charge in [0.05, 0.1) is 6.20 Å². The van der Waals surface area contributed by atoms with Gasteiger partial charge in [0, 0.05) is 6.04 Å². The fraction of sp³-hybridized carbons (Fsp3) is 0.118. The Morgan fingerprint density at radius 2 is 1.67 bits per heavy atom. The lowest BCUT2D eigenvalue weighted by atomic mass is 10.1. The van der Waals surface area contributed by atoms with Crippen molar-refractivity contribution in [3.8, 4) is 0 Å². The van der Waals surface area contributed by atoms with E-state index in [1.165, 1.54) is 12.3 Å². The summed E-state index contributed by atoms with van der Waals surface area (Å²) in [4.78, 5) is 4.19. The first-order valence-electron chi connectivity index (χ1n) is 7.36. The number of halogens is 2. The molecule has 2 aromatic carbocycles. The molecule has 0 radical (unpaired) electrons. The van der Waals surface area contributed by atoms with E-state index < -0.39 is 11.6 Å². The number of aromatic nitrogens is 3. The van der Waals surface area contributed by atoms with E-state index in [2.05, 4.69) is 25.8 Å². The number of nitrogens with one attached hydrogen (secondary N) is 2. The molecule has 2 N–H and O–H groups in total. The summed E-state index contributed by atoms with van der Waals surface area (Å²) in [6.07, 6.45) is 1.45. The van der Waals surface area contributed by atoms with Gasteiger partial charge < -0.3 is 10.6 Å². The predicted molar refractivity (Wildman–Crippen MR) is 87.9 cm³/mol. The number of anilines is 3. The number of hydrogen-bond donors (Lipinski definition) is 2. The van der Waals surface area contributed by atoms with Crippen LogP contribution in [0.25, 0.3) is 0 Å². The minimum absolute atomic E-state index is 0.00395. The fourth-order valence-corrected chi connectivity index (χ4v) is 2.20. The normalized spacial score (nSPS) is 11.8. The Morgan fingerprint density at radius 3 is 2.38 bits per heavy atom. The quantitative estimate of drug-likeness (QED) is 0.740. The number of nitrogens with zero attached hydrogens (tertiary/aromatic N) is 3. The molecule has 1 aromatic heterocycles. The van der Waals surface area contributed by atoms with Crippen LogP contribution in [0.15, 0.2) is 54.7 Å². The summed E-state index contributed by atoms with van der Waals surface area (Å²) < 4.78 is 27.3. The highest BCUT2D eigenvalue weighted by molar-refractivity contribution is 5.55. The third-order valence-electron chi connectivity index (χ3n) is 3.42. The summed E-state index contributed by atoms with van der Waals surface area (Å²) in [6, 6.07) is 13.4. The van der Waals surface area contributed by atoms with Crippen LogP contribution in [0.2, 0.25) is 0 Å². The third-order valence-corrected chi connectivity index (χ3v) is 3.42. The van der Waals surface area contributed by atoms with Gasteiger partial charge in [0.15, 0.2) is 5.82 Å². The van der Waals surface area contributed by atoms with Crippen LogP contribution in [-0.4, -0.2) is 15.2 Å². The lowest BCUT2D eigenvalue weighted by Gasteiger charge is -2.15. The summed E-state index contributed by atoms with van der Waals surface area (Å²) in [5.41, 5.74) is 0.762. The van der Waals surface area contributed by atoms with Crippen molar-refractivity contribution in [3.63, 3.8) is 0 Å². The fourth-order valence-electron chi connectivity index (χ4n) is 2.20. The second-order valence-corrected chi connectivity index (χ2v) is 5.16. The number of rotatable bonds is 5. The minimum Gasteiger partial charge on any atom is -0.362 e. The van der Waals surface area contributed by atoms with E-state index in [-0.39, 0.29) is 17.7 Å². The van der Waals surface area contributed by atoms with Gasteiger partial charge in [-0.15, -0.1) is 5.10 Å². The zero-order chi connectivity index (χ0) is 16.9. The van der Waals surface area contributed by atoms with Crippen molar-refractivity contribution in [2.24, 2.45) is 0 Å². The average molecular weight is 327 g/mol. The number of hydrogen-bond acceptors (Lipinski definition) is 5. The van der Waals surface area contributed by atoms with Crippen molar-refractivity contribution in [3.05, 3.63) is 71.9 Å². The van der Waals surface area contributed by atoms with E-state index in [1.54, 1.807) is 0 Å². The molecule has 1 heterocycles. The molecule has 0 spiro atoms. The molecule has 7 heteroatoms. The second-order valence-electron chi connectivity index (χ2n) is 5.16. The van der Waals surface area contributed by atoms with Crippen LogP contribution in [-0.2, 0) is 0 Å². The van der Waals surface area contributed by atoms with E-state index in [4.69, 9.17) is 0 Å². The molecule has 3 aromatic rings. The Labute approximate surface area is 137 Å². The maximum Gasteiger partial charge on any atom is 0.249 e. The zero-order valence-electron chi connectivity index (χ0n) is 12.9. The van der Waals surface area contributed by atoms with E-state index in [0.29, 0.717) is 5.82 Å². The molecular formula is C17H15F2N5. The van der Waals surface area contributed by atoms with E-state index in [1.807, 2.05) is 37.3 Å². The molecule has 1 atom stereocenters. The summed E-state index contributed by atoms with van der Waals surface area (Å²) in [7, 11) is 0. The highest BCUT2D eigenvalue weighted by atomic mass is 19.1. The lowest BCUT2D eigenvalue weighted by molar-refractivity contribution is 0.590. The van der Waals surface area contributed by atoms with E-state index >= 15 is 0 Å². The molecule has 0 amide bonds. The van der Waals surface area contributed by atoms with E-state index in [0.717, 1.165) is 17.7 Å². The molecule has 24 heavy (non-hydrogen) atoms. The van der Waals surface area contributed by atoms with Gasteiger partial charge in [0.2, 0.25) is 5.95 Å². The largest absolute Gasteiger partial charge is 0.362 e. The molecule has 0 fully saturated rings. The van der Waals surface area contributed by atoms with Crippen molar-refractivity contribution in [1.29, 1.82) is 0 Å². The number of para-hydroxylation sites is 1. The molecule has 1 unspecified atom stereocenters. The lowest BCUT2D eigenvalue weighted by Crippen LogP contribution is -2.10. The highest BCUT2D eigenvalue weighted by Gasteiger charge is 2.11. The van der Waals surface area contributed by atoms with Crippen molar-refractivity contribution in [2.75, 3.05) is 10.6 Å². The maximum atomic E-state index is 13.7. The predicted octanol–water partition coefficient (Wildman–Crippen LogP) is 4.07. The van der Waals surface area contributed by atoms with Gasteiger partial charge in [0.1, 0.15) is 17.3 Å². The topological polar surface area (TPSA) is 62.7 Å². The van der Waals surface area contributed by atoms with Gasteiger partial charge in [-0.3, -0.25) is 0 Å². The molecule has 0 saturated heterocycles. The average Bonchev–Trinajstić information content (AvgIpc) is 2.59. The van der Waals surface area contributed by atoms with Crippen LogP contribution in [0.5, 0.6) is 0 Å². The first kappa shape index (κ1) is 15.8. The smallest absolute Gasteiger partial charge is 0.249 e. The van der Waals surface area contributed by atoms with Crippen LogP contribution < -0.4 is 10.6 Å². The maximum absolute atomic E-state index is 13.7. The van der Waals surface area contributed by atoms with Gasteiger partial charge in [-0.1, -0.05) is 36.4 Å². The molecule has 3 rings (SSSR count). The Balaban J connectivity index is 1.77. The van der Waals surface area contributed by atoms with Crippen LogP contribution >= 0.6 is 0 Å². The van der Waals surface area contributed by atoms with Crippen molar-refractivity contribution < 1.29 is 8.78 Å². The van der Waals surface area contributed by atoms with Crippen LogP contribution in [0, 0.1) is 11.6 Å². The Hall–Kier alpha value is -3.09. The molecule has 0 bridgehead atoms. The van der Waals surface area contributed by atoms with Crippen molar-refractivity contribution in [1.82, 2.24) is 15.2 Å². The van der Waals surface area contributed by atoms with Gasteiger partial charge in [-0.25, -0.2) is 8.78 Å². The van der Waals surface area contributed by atoms with Gasteiger partial charge in [-0.2, -0.15) is 10.1 Å². The summed E-state index contributed by atoms with van der Waals surface area (Å²) in [5, 5.41) is 13.2. The van der Waals surface area contributed by atoms with Crippen molar-refractivity contribution >= 4 is 17.5 Å². The van der Waals surface area contributed by atoms with Gasteiger partial charge in [-0.05, 0) is 24.6 Å². The zero-order valence-corrected chi connectivity index (χ0v) is 12.9. The summed E-state index contributed by atoms with van der Waals surface area (Å²) >= 11 is 0. The first-order valence-corrected chi connectivity index (χ1v) is 7.36. The molecule has 5 nitrogen and oxygen atoms in total. The SMILES string of the molecule is CC(Nc1cnnc(Nc2c(F)cccc2F)n1)c1ccccc1. The third kappa shape index (κ3) is 3.62. The summed E-state index contributed by atoms with van der Waals surface area (Å²) in [5.74, 6) is -1.01.